The van der Waals surface area contributed by atoms with Crippen LogP contribution in [-0.4, -0.2) is 51.5 Å². The molecule has 1 atom stereocenters. The third-order valence-electron chi connectivity index (χ3n) is 5.31. The highest BCUT2D eigenvalue weighted by atomic mass is 79.9. The average Bonchev–Trinajstić information content (AvgIpc) is 3.19. The monoisotopic (exact) mass is 423 g/mol. The van der Waals surface area contributed by atoms with Crippen LogP contribution in [0.5, 0.6) is 0 Å². The lowest BCUT2D eigenvalue weighted by Crippen LogP contribution is -2.43. The zero-order valence-corrected chi connectivity index (χ0v) is 17.2. The fourth-order valence-electron chi connectivity index (χ4n) is 3.69. The number of benzene rings is 1. The van der Waals surface area contributed by atoms with Gasteiger partial charge in [-0.1, -0.05) is 28.1 Å². The minimum atomic E-state index is 0.0468. The number of rotatable bonds is 6. The predicted molar refractivity (Wildman–Crippen MR) is 109 cm³/mol. The minimum Gasteiger partial charge on any atom is -0.381 e. The summed E-state index contributed by atoms with van der Waals surface area (Å²) in [6.45, 7) is 7.01. The molecule has 2 N–H and O–H groups in total. The average molecular weight is 424 g/mol. The lowest BCUT2D eigenvalue weighted by atomic mass is 9.74. The molecule has 2 fully saturated rings. The Kier molecular flexibility index (Phi) is 7.34. The van der Waals surface area contributed by atoms with Crippen molar-refractivity contribution in [1.29, 1.82) is 0 Å². The first kappa shape index (κ1) is 19.6. The molecule has 0 amide bonds. The Morgan fingerprint density at radius 1 is 1.19 bits per heavy atom. The van der Waals surface area contributed by atoms with E-state index in [1.54, 1.807) is 0 Å². The number of ether oxygens (including phenoxy) is 2. The Morgan fingerprint density at radius 2 is 1.96 bits per heavy atom. The molecule has 26 heavy (non-hydrogen) atoms. The van der Waals surface area contributed by atoms with E-state index in [9.17, 15) is 0 Å². The molecule has 0 aliphatic carbocycles. The molecular formula is C20H30BrN3O2. The number of hydrogen-bond donors (Lipinski definition) is 2. The van der Waals surface area contributed by atoms with Crippen molar-refractivity contribution in [3.63, 3.8) is 0 Å². The predicted octanol–water partition coefficient (Wildman–Crippen LogP) is 3.23. The van der Waals surface area contributed by atoms with Gasteiger partial charge in [0.1, 0.15) is 0 Å². The van der Waals surface area contributed by atoms with Gasteiger partial charge in [0.2, 0.25) is 0 Å². The highest BCUT2D eigenvalue weighted by Crippen LogP contribution is 2.35. The van der Waals surface area contributed by atoms with E-state index in [2.05, 4.69) is 57.8 Å². The van der Waals surface area contributed by atoms with Gasteiger partial charge in [-0.15, -0.1) is 0 Å². The fourth-order valence-corrected chi connectivity index (χ4v) is 3.96. The SMILES string of the molecule is CCNC(=NCC1(c2ccc(Br)cc2)CCOCC1)NCC1CCCO1. The molecule has 0 bridgehead atoms. The van der Waals surface area contributed by atoms with Gasteiger partial charge in [0.05, 0.1) is 12.6 Å². The summed E-state index contributed by atoms with van der Waals surface area (Å²) < 4.78 is 12.5. The largest absolute Gasteiger partial charge is 0.381 e. The Labute approximate surface area is 165 Å². The van der Waals surface area contributed by atoms with Crippen molar-refractivity contribution >= 4 is 21.9 Å². The fraction of sp³-hybridized carbons (Fsp3) is 0.650. The van der Waals surface area contributed by atoms with Crippen LogP contribution in [0.4, 0.5) is 0 Å². The van der Waals surface area contributed by atoms with Gasteiger partial charge in [-0.3, -0.25) is 4.99 Å². The first-order valence-electron chi connectivity index (χ1n) is 9.69. The molecule has 2 saturated heterocycles. The van der Waals surface area contributed by atoms with Crippen molar-refractivity contribution in [1.82, 2.24) is 10.6 Å². The van der Waals surface area contributed by atoms with Gasteiger partial charge < -0.3 is 20.1 Å². The summed E-state index contributed by atoms with van der Waals surface area (Å²) in [5.74, 6) is 0.881. The molecule has 0 saturated carbocycles. The molecule has 2 heterocycles. The smallest absolute Gasteiger partial charge is 0.191 e. The highest BCUT2D eigenvalue weighted by Gasteiger charge is 2.34. The van der Waals surface area contributed by atoms with E-state index in [-0.39, 0.29) is 5.41 Å². The van der Waals surface area contributed by atoms with Gasteiger partial charge in [0.15, 0.2) is 5.96 Å². The molecular weight excluding hydrogens is 394 g/mol. The van der Waals surface area contributed by atoms with Gasteiger partial charge in [-0.25, -0.2) is 0 Å². The molecule has 1 aromatic carbocycles. The van der Waals surface area contributed by atoms with Crippen LogP contribution in [0.2, 0.25) is 0 Å². The van der Waals surface area contributed by atoms with Crippen molar-refractivity contribution in [3.8, 4) is 0 Å². The highest BCUT2D eigenvalue weighted by molar-refractivity contribution is 9.10. The number of nitrogens with one attached hydrogen (secondary N) is 2. The van der Waals surface area contributed by atoms with E-state index in [4.69, 9.17) is 14.5 Å². The Balaban J connectivity index is 1.70. The Morgan fingerprint density at radius 3 is 2.62 bits per heavy atom. The van der Waals surface area contributed by atoms with E-state index in [0.717, 1.165) is 75.6 Å². The van der Waals surface area contributed by atoms with Crippen molar-refractivity contribution < 1.29 is 9.47 Å². The van der Waals surface area contributed by atoms with Gasteiger partial charge in [0, 0.05) is 42.8 Å². The van der Waals surface area contributed by atoms with Crippen LogP contribution in [-0.2, 0) is 14.9 Å². The second-order valence-corrected chi connectivity index (χ2v) is 8.03. The molecule has 0 aromatic heterocycles. The normalized spacial score (nSPS) is 23.0. The number of aliphatic imine (C=N–C) groups is 1. The second-order valence-electron chi connectivity index (χ2n) is 7.11. The molecule has 2 aliphatic heterocycles. The summed E-state index contributed by atoms with van der Waals surface area (Å²) in [6, 6.07) is 8.68. The maximum absolute atomic E-state index is 5.71. The zero-order chi connectivity index (χ0) is 18.2. The Bertz CT molecular complexity index is 579. The molecule has 144 valence electrons. The van der Waals surface area contributed by atoms with Crippen LogP contribution in [0, 0.1) is 0 Å². The van der Waals surface area contributed by atoms with Crippen LogP contribution in [0.15, 0.2) is 33.7 Å². The number of nitrogens with zero attached hydrogens (tertiary/aromatic N) is 1. The quantitative estimate of drug-likeness (QED) is 0.544. The van der Waals surface area contributed by atoms with E-state index in [1.807, 2.05) is 0 Å². The van der Waals surface area contributed by atoms with Gasteiger partial charge >= 0.3 is 0 Å². The lowest BCUT2D eigenvalue weighted by Gasteiger charge is -2.36. The number of halogens is 1. The van der Waals surface area contributed by atoms with Crippen molar-refractivity contribution in [3.05, 3.63) is 34.3 Å². The van der Waals surface area contributed by atoms with Gasteiger partial charge in [-0.2, -0.15) is 0 Å². The molecule has 2 aliphatic rings. The number of hydrogen-bond acceptors (Lipinski definition) is 3. The summed E-state index contributed by atoms with van der Waals surface area (Å²) >= 11 is 3.54. The van der Waals surface area contributed by atoms with Crippen LogP contribution in [0.25, 0.3) is 0 Å². The van der Waals surface area contributed by atoms with Crippen LogP contribution < -0.4 is 10.6 Å². The second kappa shape index (κ2) is 9.72. The summed E-state index contributed by atoms with van der Waals surface area (Å²) in [6.07, 6.45) is 4.61. The molecule has 5 nitrogen and oxygen atoms in total. The van der Waals surface area contributed by atoms with Crippen LogP contribution in [0.1, 0.15) is 38.2 Å². The topological polar surface area (TPSA) is 54.9 Å². The molecule has 0 radical (unpaired) electrons. The molecule has 3 rings (SSSR count). The van der Waals surface area contributed by atoms with E-state index in [1.165, 1.54) is 5.56 Å². The third-order valence-corrected chi connectivity index (χ3v) is 5.84. The summed E-state index contributed by atoms with van der Waals surface area (Å²) in [4.78, 5) is 4.94. The summed E-state index contributed by atoms with van der Waals surface area (Å²) in [5.41, 5.74) is 1.40. The van der Waals surface area contributed by atoms with E-state index >= 15 is 0 Å². The van der Waals surface area contributed by atoms with E-state index in [0.29, 0.717) is 6.10 Å². The first-order valence-corrected chi connectivity index (χ1v) is 10.5. The molecule has 0 spiro atoms. The van der Waals surface area contributed by atoms with Crippen LogP contribution >= 0.6 is 15.9 Å². The third kappa shape index (κ3) is 5.21. The molecule has 6 heteroatoms. The zero-order valence-electron chi connectivity index (χ0n) is 15.6. The van der Waals surface area contributed by atoms with Crippen molar-refractivity contribution in [2.75, 3.05) is 39.5 Å². The summed E-state index contributed by atoms with van der Waals surface area (Å²) in [7, 11) is 0. The van der Waals surface area contributed by atoms with E-state index < -0.39 is 0 Å². The molecule has 1 unspecified atom stereocenters. The Hall–Kier alpha value is -1.11. The maximum Gasteiger partial charge on any atom is 0.191 e. The van der Waals surface area contributed by atoms with Gasteiger partial charge in [0.25, 0.3) is 0 Å². The minimum absolute atomic E-state index is 0.0468. The lowest BCUT2D eigenvalue weighted by molar-refractivity contribution is 0.0531. The van der Waals surface area contributed by atoms with Gasteiger partial charge in [-0.05, 0) is 50.3 Å². The molecule has 1 aromatic rings. The van der Waals surface area contributed by atoms with Crippen molar-refractivity contribution in [2.45, 2.75) is 44.1 Å². The first-order chi connectivity index (χ1) is 12.7. The number of guanidine groups is 1. The van der Waals surface area contributed by atoms with Crippen molar-refractivity contribution in [2.24, 2.45) is 4.99 Å². The van der Waals surface area contributed by atoms with Crippen LogP contribution in [0.3, 0.4) is 0 Å². The maximum atomic E-state index is 5.71. The summed E-state index contributed by atoms with van der Waals surface area (Å²) in [5, 5.41) is 6.82. The standard InChI is InChI=1S/C20H30BrN3O2/c1-2-22-19(23-14-18-4-3-11-26-18)24-15-20(9-12-25-13-10-20)16-5-7-17(21)8-6-16/h5-8,18H,2-4,9-15H2,1H3,(H2,22,23,24).